The molecule has 0 amide bonds. The summed E-state index contributed by atoms with van der Waals surface area (Å²) in [6, 6.07) is 25.8. The Morgan fingerprint density at radius 3 is 2.33 bits per heavy atom. The molecule has 0 spiro atoms. The van der Waals surface area contributed by atoms with E-state index < -0.39 is 0 Å². The van der Waals surface area contributed by atoms with Gasteiger partial charge in [0.2, 0.25) is 0 Å². The van der Waals surface area contributed by atoms with Crippen LogP contribution < -0.4 is 5.32 Å². The molecule has 2 heterocycles. The number of hydrogen-bond acceptors (Lipinski definition) is 4. The van der Waals surface area contributed by atoms with Gasteiger partial charge in [0.25, 0.3) is 0 Å². The number of aromatic nitrogens is 3. The minimum atomic E-state index is 0.544. The van der Waals surface area contributed by atoms with Crippen molar-refractivity contribution in [2.45, 2.75) is 6.54 Å². The van der Waals surface area contributed by atoms with Crippen LogP contribution >= 0.6 is 0 Å². The summed E-state index contributed by atoms with van der Waals surface area (Å²) in [6.07, 6.45) is 3.60. The standard InChI is InChI=1S/C22H17N5/c23-13-17-11-12-21(24-14-17)25-15-19-16-27(20-9-5-2-6-10-20)26-22(19)18-7-3-1-4-8-18/h1-12,14,16H,15H2,(H,24,25). The van der Waals surface area contributed by atoms with Crippen LogP contribution in [0.2, 0.25) is 0 Å². The summed E-state index contributed by atoms with van der Waals surface area (Å²) >= 11 is 0. The lowest BCUT2D eigenvalue weighted by Gasteiger charge is -2.06. The fourth-order valence-corrected chi connectivity index (χ4v) is 2.84. The average Bonchev–Trinajstić information content (AvgIpc) is 3.18. The minimum Gasteiger partial charge on any atom is -0.366 e. The number of anilines is 1. The predicted octanol–water partition coefficient (Wildman–Crippen LogP) is 4.42. The number of nitriles is 1. The summed E-state index contributed by atoms with van der Waals surface area (Å²) < 4.78 is 1.89. The second-order valence-corrected chi connectivity index (χ2v) is 6.05. The molecule has 27 heavy (non-hydrogen) atoms. The zero-order chi connectivity index (χ0) is 18.5. The Balaban J connectivity index is 1.65. The zero-order valence-corrected chi connectivity index (χ0v) is 14.6. The number of rotatable bonds is 5. The van der Waals surface area contributed by atoms with E-state index in [4.69, 9.17) is 10.4 Å². The number of para-hydroxylation sites is 1. The lowest BCUT2D eigenvalue weighted by molar-refractivity contribution is 0.883. The molecule has 2 aromatic heterocycles. The summed E-state index contributed by atoms with van der Waals surface area (Å²) in [4.78, 5) is 4.27. The highest BCUT2D eigenvalue weighted by Gasteiger charge is 2.12. The molecule has 4 rings (SSSR count). The topological polar surface area (TPSA) is 66.5 Å². The lowest BCUT2D eigenvalue weighted by atomic mass is 10.1. The third-order valence-electron chi connectivity index (χ3n) is 4.21. The minimum absolute atomic E-state index is 0.544. The van der Waals surface area contributed by atoms with E-state index in [0.29, 0.717) is 12.1 Å². The van der Waals surface area contributed by atoms with E-state index in [9.17, 15) is 0 Å². The van der Waals surface area contributed by atoms with Crippen molar-refractivity contribution in [2.24, 2.45) is 0 Å². The van der Waals surface area contributed by atoms with Crippen LogP contribution in [0.4, 0.5) is 5.82 Å². The molecule has 0 aliphatic heterocycles. The summed E-state index contributed by atoms with van der Waals surface area (Å²) in [7, 11) is 0. The Bertz CT molecular complexity index is 1060. The highest BCUT2D eigenvalue weighted by molar-refractivity contribution is 5.63. The van der Waals surface area contributed by atoms with Crippen LogP contribution in [0.3, 0.4) is 0 Å². The van der Waals surface area contributed by atoms with Crippen molar-refractivity contribution in [1.29, 1.82) is 5.26 Å². The van der Waals surface area contributed by atoms with Gasteiger partial charge in [0, 0.05) is 30.1 Å². The molecule has 0 saturated carbocycles. The molecule has 2 aromatic carbocycles. The van der Waals surface area contributed by atoms with E-state index in [1.807, 2.05) is 65.5 Å². The second-order valence-electron chi connectivity index (χ2n) is 6.05. The van der Waals surface area contributed by atoms with Gasteiger partial charge in [-0.05, 0) is 24.3 Å². The molecule has 1 N–H and O–H groups in total. The van der Waals surface area contributed by atoms with E-state index in [1.165, 1.54) is 0 Å². The monoisotopic (exact) mass is 351 g/mol. The Labute approximate surface area is 157 Å². The number of nitrogens with one attached hydrogen (secondary N) is 1. The molecule has 0 saturated heterocycles. The maximum absolute atomic E-state index is 8.89. The van der Waals surface area contributed by atoms with E-state index >= 15 is 0 Å². The largest absolute Gasteiger partial charge is 0.366 e. The van der Waals surface area contributed by atoms with E-state index in [-0.39, 0.29) is 0 Å². The maximum atomic E-state index is 8.89. The van der Waals surface area contributed by atoms with Gasteiger partial charge >= 0.3 is 0 Å². The molecule has 5 heteroatoms. The second kappa shape index (κ2) is 7.54. The van der Waals surface area contributed by atoms with Crippen LogP contribution in [0.25, 0.3) is 16.9 Å². The number of pyridine rings is 1. The van der Waals surface area contributed by atoms with Gasteiger partial charge in [0.15, 0.2) is 0 Å². The van der Waals surface area contributed by atoms with Crippen molar-refractivity contribution in [1.82, 2.24) is 14.8 Å². The molecule has 4 aromatic rings. The lowest BCUT2D eigenvalue weighted by Crippen LogP contribution is -2.01. The summed E-state index contributed by atoms with van der Waals surface area (Å²) in [5.74, 6) is 0.723. The molecule has 5 nitrogen and oxygen atoms in total. The molecule has 0 aliphatic carbocycles. The Morgan fingerprint density at radius 1 is 0.926 bits per heavy atom. The molecular weight excluding hydrogens is 334 g/mol. The first-order valence-electron chi connectivity index (χ1n) is 8.63. The van der Waals surface area contributed by atoms with Gasteiger partial charge in [-0.25, -0.2) is 9.67 Å². The number of hydrogen-bond donors (Lipinski definition) is 1. The van der Waals surface area contributed by atoms with E-state index in [2.05, 4.69) is 28.5 Å². The van der Waals surface area contributed by atoms with E-state index in [0.717, 1.165) is 28.3 Å². The predicted molar refractivity (Wildman–Crippen MR) is 105 cm³/mol. The number of benzene rings is 2. The van der Waals surface area contributed by atoms with Gasteiger partial charge in [-0.2, -0.15) is 10.4 Å². The van der Waals surface area contributed by atoms with Crippen molar-refractivity contribution in [3.8, 4) is 23.0 Å². The van der Waals surface area contributed by atoms with Crippen LogP contribution in [-0.2, 0) is 6.54 Å². The van der Waals surface area contributed by atoms with Gasteiger partial charge in [-0.15, -0.1) is 0 Å². The number of nitrogens with zero attached hydrogens (tertiary/aromatic N) is 4. The van der Waals surface area contributed by atoms with Crippen molar-refractivity contribution in [2.75, 3.05) is 5.32 Å². The van der Waals surface area contributed by atoms with Crippen LogP contribution in [0.1, 0.15) is 11.1 Å². The summed E-state index contributed by atoms with van der Waals surface area (Å²) in [5, 5.41) is 17.0. The normalized spacial score (nSPS) is 10.3. The van der Waals surface area contributed by atoms with Gasteiger partial charge in [-0.1, -0.05) is 48.5 Å². The molecule has 0 aliphatic rings. The summed E-state index contributed by atoms with van der Waals surface area (Å²) in [6.45, 7) is 0.579. The van der Waals surface area contributed by atoms with Crippen molar-refractivity contribution in [3.05, 3.63) is 96.3 Å². The third-order valence-corrected chi connectivity index (χ3v) is 4.21. The maximum Gasteiger partial charge on any atom is 0.126 e. The van der Waals surface area contributed by atoms with Crippen LogP contribution in [0.5, 0.6) is 0 Å². The smallest absolute Gasteiger partial charge is 0.126 e. The molecule has 0 fully saturated rings. The van der Waals surface area contributed by atoms with Gasteiger partial charge in [-0.3, -0.25) is 0 Å². The highest BCUT2D eigenvalue weighted by Crippen LogP contribution is 2.24. The molecule has 0 radical (unpaired) electrons. The molecule has 0 bridgehead atoms. The first-order chi connectivity index (χ1) is 13.3. The Morgan fingerprint density at radius 2 is 1.67 bits per heavy atom. The van der Waals surface area contributed by atoms with E-state index in [1.54, 1.807) is 12.3 Å². The molecule has 0 atom stereocenters. The first kappa shape index (κ1) is 16.6. The Kier molecular flexibility index (Phi) is 4.62. The molecule has 130 valence electrons. The van der Waals surface area contributed by atoms with Crippen LogP contribution in [0.15, 0.2) is 85.2 Å². The quantitative estimate of drug-likeness (QED) is 0.578. The van der Waals surface area contributed by atoms with Gasteiger partial charge < -0.3 is 5.32 Å². The third kappa shape index (κ3) is 3.70. The zero-order valence-electron chi connectivity index (χ0n) is 14.6. The van der Waals surface area contributed by atoms with Crippen molar-refractivity contribution < 1.29 is 0 Å². The fraction of sp³-hybridized carbons (Fsp3) is 0.0455. The Hall–Kier alpha value is -3.91. The van der Waals surface area contributed by atoms with Crippen LogP contribution in [-0.4, -0.2) is 14.8 Å². The SMILES string of the molecule is N#Cc1ccc(NCc2cn(-c3ccccc3)nc2-c2ccccc2)nc1. The van der Waals surface area contributed by atoms with Gasteiger partial charge in [0.05, 0.1) is 16.9 Å². The summed E-state index contributed by atoms with van der Waals surface area (Å²) in [5.41, 5.74) is 4.62. The highest BCUT2D eigenvalue weighted by atomic mass is 15.3. The first-order valence-corrected chi connectivity index (χ1v) is 8.63. The van der Waals surface area contributed by atoms with Gasteiger partial charge in [0.1, 0.15) is 11.9 Å². The molecule has 0 unspecified atom stereocenters. The fourth-order valence-electron chi connectivity index (χ4n) is 2.84. The van der Waals surface area contributed by atoms with Crippen LogP contribution in [0, 0.1) is 11.3 Å². The van der Waals surface area contributed by atoms with Crippen molar-refractivity contribution in [3.63, 3.8) is 0 Å². The van der Waals surface area contributed by atoms with Crippen molar-refractivity contribution >= 4 is 5.82 Å². The average molecular weight is 351 g/mol. The molecular formula is C22H17N5.